The van der Waals surface area contributed by atoms with Gasteiger partial charge in [0, 0.05) is 0 Å². The second-order valence-electron chi connectivity index (χ2n) is 4.30. The van der Waals surface area contributed by atoms with Gasteiger partial charge in [-0.2, -0.15) is 13.2 Å². The molecule has 0 saturated heterocycles. The number of anilines is 1. The Bertz CT molecular complexity index is 621. The van der Waals surface area contributed by atoms with Crippen molar-refractivity contribution >= 4 is 5.82 Å². The summed E-state index contributed by atoms with van der Waals surface area (Å²) in [6, 6.07) is 5.23. The number of aryl methyl sites for hydroxylation is 2. The Morgan fingerprint density at radius 1 is 1.11 bits per heavy atom. The summed E-state index contributed by atoms with van der Waals surface area (Å²) >= 11 is 0. The normalized spacial score (nSPS) is 11.6. The topological polar surface area (TPSA) is 51.8 Å². The van der Waals surface area contributed by atoms with Gasteiger partial charge in [0.05, 0.1) is 5.56 Å². The van der Waals surface area contributed by atoms with Crippen molar-refractivity contribution in [1.82, 2.24) is 9.97 Å². The molecule has 6 heteroatoms. The van der Waals surface area contributed by atoms with E-state index in [1.165, 1.54) is 0 Å². The van der Waals surface area contributed by atoms with E-state index >= 15 is 0 Å². The van der Waals surface area contributed by atoms with Crippen molar-refractivity contribution in [3.05, 3.63) is 41.3 Å². The summed E-state index contributed by atoms with van der Waals surface area (Å²) in [5, 5.41) is 0. The number of rotatable bonds is 1. The molecule has 0 bridgehead atoms. The third-order valence-corrected chi connectivity index (χ3v) is 2.81. The summed E-state index contributed by atoms with van der Waals surface area (Å²) in [4.78, 5) is 7.01. The molecule has 0 saturated carbocycles. The Morgan fingerprint density at radius 3 is 2.42 bits per heavy atom. The summed E-state index contributed by atoms with van der Waals surface area (Å²) in [5.74, 6) is -0.170. The van der Waals surface area contributed by atoms with Crippen molar-refractivity contribution in [3.8, 4) is 11.1 Å². The van der Waals surface area contributed by atoms with Gasteiger partial charge in [0.25, 0.3) is 0 Å². The van der Waals surface area contributed by atoms with E-state index < -0.39 is 11.9 Å². The third kappa shape index (κ3) is 2.52. The maximum Gasteiger partial charge on any atom is 0.434 e. The second kappa shape index (κ2) is 4.53. The standard InChI is InChI=1S/C13H12F3N3/c1-7-3-4-8(2)9(5-7)10-11(13(14,15)16)18-6-19-12(10)17/h3-6H,1-2H3,(H2,17,18,19). The van der Waals surface area contributed by atoms with Crippen LogP contribution in [0.1, 0.15) is 16.8 Å². The molecule has 0 spiro atoms. The molecule has 2 N–H and O–H groups in total. The zero-order valence-electron chi connectivity index (χ0n) is 10.4. The highest BCUT2D eigenvalue weighted by molar-refractivity contribution is 5.78. The van der Waals surface area contributed by atoms with Crippen LogP contribution >= 0.6 is 0 Å². The van der Waals surface area contributed by atoms with Gasteiger partial charge in [-0.15, -0.1) is 0 Å². The first-order chi connectivity index (χ1) is 8.80. The number of nitrogens with two attached hydrogens (primary N) is 1. The van der Waals surface area contributed by atoms with Crippen LogP contribution in [0.15, 0.2) is 24.5 Å². The minimum atomic E-state index is -4.57. The summed E-state index contributed by atoms with van der Waals surface area (Å²) < 4.78 is 39.0. The minimum Gasteiger partial charge on any atom is -0.383 e. The van der Waals surface area contributed by atoms with Gasteiger partial charge in [0.1, 0.15) is 12.1 Å². The van der Waals surface area contributed by atoms with E-state index in [4.69, 9.17) is 5.73 Å². The van der Waals surface area contributed by atoms with Gasteiger partial charge in [-0.25, -0.2) is 9.97 Å². The highest BCUT2D eigenvalue weighted by atomic mass is 19.4. The zero-order chi connectivity index (χ0) is 14.2. The average molecular weight is 267 g/mol. The molecule has 0 aliphatic carbocycles. The molecule has 0 fully saturated rings. The predicted molar refractivity (Wildman–Crippen MR) is 66.4 cm³/mol. The molecular weight excluding hydrogens is 255 g/mol. The number of halogens is 3. The van der Waals surface area contributed by atoms with Crippen molar-refractivity contribution in [3.63, 3.8) is 0 Å². The first kappa shape index (κ1) is 13.3. The molecule has 1 heterocycles. The fraction of sp³-hybridized carbons (Fsp3) is 0.231. The lowest BCUT2D eigenvalue weighted by molar-refractivity contribution is -0.140. The zero-order valence-corrected chi connectivity index (χ0v) is 10.4. The quantitative estimate of drug-likeness (QED) is 0.861. The van der Waals surface area contributed by atoms with Crippen molar-refractivity contribution in [2.45, 2.75) is 20.0 Å². The predicted octanol–water partition coefficient (Wildman–Crippen LogP) is 3.36. The molecule has 19 heavy (non-hydrogen) atoms. The Morgan fingerprint density at radius 2 is 1.79 bits per heavy atom. The van der Waals surface area contributed by atoms with Gasteiger partial charge in [-0.05, 0) is 25.0 Å². The van der Waals surface area contributed by atoms with Gasteiger partial charge < -0.3 is 5.73 Å². The minimum absolute atomic E-state index is 0.156. The number of nitrogens with zero attached hydrogens (tertiary/aromatic N) is 2. The van der Waals surface area contributed by atoms with E-state index in [9.17, 15) is 13.2 Å². The van der Waals surface area contributed by atoms with Crippen LogP contribution in [-0.4, -0.2) is 9.97 Å². The lowest BCUT2D eigenvalue weighted by Crippen LogP contribution is -2.13. The maximum absolute atomic E-state index is 13.0. The second-order valence-corrected chi connectivity index (χ2v) is 4.30. The van der Waals surface area contributed by atoms with E-state index in [1.807, 2.05) is 6.07 Å². The molecular formula is C13H12F3N3. The SMILES string of the molecule is Cc1ccc(C)c(-c2c(N)ncnc2C(F)(F)F)c1. The van der Waals surface area contributed by atoms with Crippen LogP contribution in [0.2, 0.25) is 0 Å². The van der Waals surface area contributed by atoms with Gasteiger partial charge in [0.2, 0.25) is 0 Å². The van der Waals surface area contributed by atoms with Crippen LogP contribution in [0.5, 0.6) is 0 Å². The number of hydrogen-bond donors (Lipinski definition) is 1. The van der Waals surface area contributed by atoms with Gasteiger partial charge in [0.15, 0.2) is 5.69 Å². The van der Waals surface area contributed by atoms with Crippen LogP contribution in [0.3, 0.4) is 0 Å². The highest BCUT2D eigenvalue weighted by Gasteiger charge is 2.37. The van der Waals surface area contributed by atoms with Crippen LogP contribution in [0, 0.1) is 13.8 Å². The van der Waals surface area contributed by atoms with Gasteiger partial charge in [-0.3, -0.25) is 0 Å². The fourth-order valence-electron chi connectivity index (χ4n) is 1.88. The third-order valence-electron chi connectivity index (χ3n) is 2.81. The van der Waals surface area contributed by atoms with Crippen molar-refractivity contribution < 1.29 is 13.2 Å². The first-order valence-electron chi connectivity index (χ1n) is 5.56. The Labute approximate surface area is 108 Å². The molecule has 1 aromatic carbocycles. The van der Waals surface area contributed by atoms with Crippen molar-refractivity contribution in [1.29, 1.82) is 0 Å². The molecule has 2 rings (SSSR count). The largest absolute Gasteiger partial charge is 0.434 e. The van der Waals surface area contributed by atoms with Crippen LogP contribution in [-0.2, 0) is 6.18 Å². The molecule has 0 radical (unpaired) electrons. The van der Waals surface area contributed by atoms with Gasteiger partial charge in [-0.1, -0.05) is 23.8 Å². The molecule has 2 aromatic rings. The van der Waals surface area contributed by atoms with E-state index in [1.54, 1.807) is 26.0 Å². The van der Waals surface area contributed by atoms with Crippen LogP contribution in [0.25, 0.3) is 11.1 Å². The molecule has 0 unspecified atom stereocenters. The Kier molecular flexibility index (Phi) is 3.18. The summed E-state index contributed by atoms with van der Waals surface area (Å²) in [7, 11) is 0. The van der Waals surface area contributed by atoms with E-state index in [2.05, 4.69) is 9.97 Å². The average Bonchev–Trinajstić information content (AvgIpc) is 2.31. The Balaban J connectivity index is 2.78. The van der Waals surface area contributed by atoms with Crippen LogP contribution in [0.4, 0.5) is 19.0 Å². The number of benzene rings is 1. The summed E-state index contributed by atoms with van der Waals surface area (Å²) in [5.41, 5.74) is 6.40. The fourth-order valence-corrected chi connectivity index (χ4v) is 1.88. The van der Waals surface area contributed by atoms with E-state index in [-0.39, 0.29) is 11.4 Å². The Hall–Kier alpha value is -2.11. The first-order valence-corrected chi connectivity index (χ1v) is 5.56. The molecule has 1 aromatic heterocycles. The highest BCUT2D eigenvalue weighted by Crippen LogP contribution is 2.39. The lowest BCUT2D eigenvalue weighted by atomic mass is 9.97. The number of nitrogen functional groups attached to an aromatic ring is 1. The van der Waals surface area contributed by atoms with Crippen LogP contribution < -0.4 is 5.73 Å². The monoisotopic (exact) mass is 267 g/mol. The number of alkyl halides is 3. The molecule has 0 aliphatic rings. The molecule has 0 atom stereocenters. The van der Waals surface area contributed by atoms with E-state index in [0.717, 1.165) is 11.9 Å². The number of aromatic nitrogens is 2. The maximum atomic E-state index is 13.0. The summed E-state index contributed by atoms with van der Waals surface area (Å²) in [6.45, 7) is 3.53. The van der Waals surface area contributed by atoms with Gasteiger partial charge >= 0.3 is 6.18 Å². The smallest absolute Gasteiger partial charge is 0.383 e. The molecule has 0 aliphatic heterocycles. The summed E-state index contributed by atoms with van der Waals surface area (Å²) in [6.07, 6.45) is -3.74. The van der Waals surface area contributed by atoms with E-state index in [0.29, 0.717) is 11.1 Å². The number of hydrogen-bond acceptors (Lipinski definition) is 3. The van der Waals surface area contributed by atoms with Crippen molar-refractivity contribution in [2.24, 2.45) is 0 Å². The molecule has 0 amide bonds. The lowest BCUT2D eigenvalue weighted by Gasteiger charge is -2.15. The molecule has 100 valence electrons. The molecule has 3 nitrogen and oxygen atoms in total. The van der Waals surface area contributed by atoms with Crippen molar-refractivity contribution in [2.75, 3.05) is 5.73 Å².